The second-order valence-corrected chi connectivity index (χ2v) is 14.0. The van der Waals surface area contributed by atoms with Gasteiger partial charge in [0.05, 0.1) is 44.9 Å². The first-order chi connectivity index (χ1) is 21.5. The molecule has 1 unspecified atom stereocenters. The van der Waals surface area contributed by atoms with E-state index in [1.165, 1.54) is 59.0 Å². The van der Waals surface area contributed by atoms with Crippen molar-refractivity contribution in [2.75, 3.05) is 33.5 Å². The van der Waals surface area contributed by atoms with E-state index in [9.17, 15) is 18.7 Å². The Hall–Kier alpha value is -2.64. The van der Waals surface area contributed by atoms with Gasteiger partial charge in [0.25, 0.3) is 0 Å². The van der Waals surface area contributed by atoms with Crippen molar-refractivity contribution in [3.63, 3.8) is 0 Å². The highest BCUT2D eigenvalue weighted by atomic mass is 31.2. The Kier molecular flexibility index (Phi) is 14.6. The summed E-state index contributed by atoms with van der Waals surface area (Å²) in [6.07, 6.45) is -0.376. The van der Waals surface area contributed by atoms with Crippen LogP contribution in [0.1, 0.15) is 62.4 Å². The van der Waals surface area contributed by atoms with E-state index in [0.717, 1.165) is 24.3 Å². The number of amides is 2. The molecule has 0 saturated carbocycles. The van der Waals surface area contributed by atoms with Crippen molar-refractivity contribution in [1.82, 2.24) is 10.6 Å². The minimum atomic E-state index is -4.86. The van der Waals surface area contributed by atoms with E-state index >= 15 is 17.6 Å². The number of rotatable bonds is 19. The van der Waals surface area contributed by atoms with Crippen molar-refractivity contribution in [2.24, 2.45) is 5.73 Å². The molecule has 2 amide bonds. The minimum Gasteiger partial charge on any atom is -0.359 e. The third kappa shape index (κ3) is 9.25. The van der Waals surface area contributed by atoms with E-state index in [1.807, 2.05) is 0 Å². The lowest BCUT2D eigenvalue weighted by molar-refractivity contribution is -0.124. The van der Waals surface area contributed by atoms with Gasteiger partial charge >= 0.3 is 26.5 Å². The van der Waals surface area contributed by atoms with Gasteiger partial charge in [0.1, 0.15) is 0 Å². The Morgan fingerprint density at radius 2 is 1.15 bits per heavy atom. The fourth-order valence-corrected chi connectivity index (χ4v) is 7.41. The van der Waals surface area contributed by atoms with E-state index in [0.29, 0.717) is 5.56 Å². The van der Waals surface area contributed by atoms with Crippen molar-refractivity contribution in [3.8, 4) is 0 Å². The van der Waals surface area contributed by atoms with Crippen LogP contribution in [0.2, 0.25) is 0 Å². The van der Waals surface area contributed by atoms with Gasteiger partial charge in [0, 0.05) is 18.2 Å². The highest BCUT2D eigenvalue weighted by Gasteiger charge is 2.55. The number of alkyl halides is 4. The van der Waals surface area contributed by atoms with Crippen LogP contribution in [0.15, 0.2) is 48.5 Å². The summed E-state index contributed by atoms with van der Waals surface area (Å²) in [5.41, 5.74) is -2.43. The summed E-state index contributed by atoms with van der Waals surface area (Å²) in [5.74, 6) is -1.19. The molecule has 2 aromatic rings. The zero-order valence-corrected chi connectivity index (χ0v) is 28.1. The molecule has 2 atom stereocenters. The Morgan fingerprint density at radius 3 is 1.52 bits per heavy atom. The standard InChI is InChI=1S/C29H41F4N3O8P2/c1-6-41-45(39,42-7-2)28(30,31)22-14-10-20(11-15-22)18-24(34)27(38)36-25(19-26(37)35-5)21-12-16-23(17-13-21)29(32,33)46(40,43-8-3)44-9-4/h10-17,24-25H,6-9,18-19,34H2,1-5H3,(H,35,37)(H,36,38)/t24-,25?/m0/s1. The van der Waals surface area contributed by atoms with E-state index in [1.54, 1.807) is 0 Å². The normalized spacial score (nSPS) is 14.0. The smallest absolute Gasteiger partial charge is 0.359 e. The Labute approximate surface area is 265 Å². The first-order valence-corrected chi connectivity index (χ1v) is 17.6. The topological polar surface area (TPSA) is 155 Å². The first kappa shape index (κ1) is 39.5. The molecule has 46 heavy (non-hydrogen) atoms. The Morgan fingerprint density at radius 1 is 0.761 bits per heavy atom. The maximum absolute atomic E-state index is 15.2. The maximum Gasteiger partial charge on any atom is 0.404 e. The van der Waals surface area contributed by atoms with Crippen molar-refractivity contribution < 1.29 is 54.4 Å². The lowest BCUT2D eigenvalue weighted by Crippen LogP contribution is -2.44. The van der Waals surface area contributed by atoms with Gasteiger partial charge in [-0.3, -0.25) is 18.7 Å². The van der Waals surface area contributed by atoms with Crippen LogP contribution in [-0.4, -0.2) is 51.3 Å². The van der Waals surface area contributed by atoms with Crippen LogP contribution < -0.4 is 16.4 Å². The third-order valence-corrected chi connectivity index (χ3v) is 10.9. The molecular formula is C29H41F4N3O8P2. The summed E-state index contributed by atoms with van der Waals surface area (Å²) in [4.78, 5) is 25.3. The molecule has 0 aliphatic rings. The molecule has 0 aromatic heterocycles. The van der Waals surface area contributed by atoms with Crippen molar-refractivity contribution in [1.29, 1.82) is 0 Å². The number of hydrogen-bond acceptors (Lipinski definition) is 9. The minimum absolute atomic E-state index is 0.103. The van der Waals surface area contributed by atoms with Crippen LogP contribution in [0.25, 0.3) is 0 Å². The van der Waals surface area contributed by atoms with Gasteiger partial charge in [0.15, 0.2) is 0 Å². The molecule has 11 nitrogen and oxygen atoms in total. The molecule has 258 valence electrons. The van der Waals surface area contributed by atoms with Crippen LogP contribution in [-0.2, 0) is 54.6 Å². The number of carbonyl (C=O) groups is 2. The van der Waals surface area contributed by atoms with Crippen LogP contribution >= 0.6 is 15.2 Å². The summed E-state index contributed by atoms with van der Waals surface area (Å²) < 4.78 is 105. The summed E-state index contributed by atoms with van der Waals surface area (Å²) >= 11 is 0. The molecule has 0 bridgehead atoms. The SMILES string of the molecule is CCOP(=O)(OCC)C(F)(F)c1ccc(C[C@H](N)C(=O)NC(CC(=O)NC)c2ccc(C(F)(F)P(=O)(OCC)OCC)cc2)cc1. The van der Waals surface area contributed by atoms with Gasteiger partial charge in [-0.2, -0.15) is 17.6 Å². The molecule has 0 spiro atoms. The van der Waals surface area contributed by atoms with E-state index in [2.05, 4.69) is 10.6 Å². The van der Waals surface area contributed by atoms with E-state index in [-0.39, 0.29) is 44.8 Å². The zero-order valence-electron chi connectivity index (χ0n) is 26.3. The molecule has 2 rings (SSSR count). The predicted molar refractivity (Wildman–Crippen MR) is 164 cm³/mol. The monoisotopic (exact) mass is 697 g/mol. The van der Waals surface area contributed by atoms with E-state index in [4.69, 9.17) is 23.8 Å². The predicted octanol–water partition coefficient (Wildman–Crippen LogP) is 6.18. The molecule has 2 aromatic carbocycles. The molecule has 0 radical (unpaired) electrons. The van der Waals surface area contributed by atoms with Crippen LogP contribution in [0.3, 0.4) is 0 Å². The van der Waals surface area contributed by atoms with Crippen LogP contribution in [0, 0.1) is 0 Å². The largest absolute Gasteiger partial charge is 0.404 e. The summed E-state index contributed by atoms with van der Waals surface area (Å²) in [6, 6.07) is 6.93. The lowest BCUT2D eigenvalue weighted by atomic mass is 10.00. The van der Waals surface area contributed by atoms with E-state index < -0.39 is 61.5 Å². The van der Waals surface area contributed by atoms with Gasteiger partial charge < -0.3 is 34.5 Å². The van der Waals surface area contributed by atoms with Gasteiger partial charge in [-0.1, -0.05) is 48.5 Å². The fraction of sp³-hybridized carbons (Fsp3) is 0.517. The van der Waals surface area contributed by atoms with Crippen molar-refractivity contribution in [3.05, 3.63) is 70.8 Å². The number of benzene rings is 2. The third-order valence-electron chi connectivity index (χ3n) is 6.62. The summed E-state index contributed by atoms with van der Waals surface area (Å²) in [6.45, 7) is 4.58. The summed E-state index contributed by atoms with van der Waals surface area (Å²) in [7, 11) is -8.29. The van der Waals surface area contributed by atoms with Crippen LogP contribution in [0.4, 0.5) is 17.6 Å². The number of nitrogens with two attached hydrogens (primary N) is 1. The van der Waals surface area contributed by atoms with Crippen LogP contribution in [0.5, 0.6) is 0 Å². The van der Waals surface area contributed by atoms with Gasteiger partial charge in [0.2, 0.25) is 11.8 Å². The number of hydrogen-bond donors (Lipinski definition) is 3. The highest BCUT2D eigenvalue weighted by Crippen LogP contribution is 2.67. The number of nitrogens with one attached hydrogen (secondary N) is 2. The molecule has 17 heteroatoms. The Balaban J connectivity index is 2.25. The van der Waals surface area contributed by atoms with Crippen molar-refractivity contribution >= 4 is 27.0 Å². The van der Waals surface area contributed by atoms with Gasteiger partial charge in [-0.05, 0) is 45.2 Å². The second kappa shape index (κ2) is 17.0. The molecular weight excluding hydrogens is 656 g/mol. The Bertz CT molecular complexity index is 1380. The fourth-order valence-electron chi connectivity index (χ4n) is 4.32. The first-order valence-electron chi connectivity index (χ1n) is 14.6. The molecule has 0 fully saturated rings. The van der Waals surface area contributed by atoms with Gasteiger partial charge in [-0.25, -0.2) is 0 Å². The highest BCUT2D eigenvalue weighted by molar-refractivity contribution is 7.55. The zero-order chi connectivity index (χ0) is 34.8. The van der Waals surface area contributed by atoms with Gasteiger partial charge in [-0.15, -0.1) is 0 Å². The number of halogens is 4. The molecule has 0 aliphatic carbocycles. The molecule has 0 aliphatic heterocycles. The lowest BCUT2D eigenvalue weighted by Gasteiger charge is -2.26. The van der Waals surface area contributed by atoms with Crippen molar-refractivity contribution in [2.45, 2.75) is 63.9 Å². The molecule has 0 heterocycles. The quantitative estimate of drug-likeness (QED) is 0.115. The number of carbonyl (C=O) groups excluding carboxylic acids is 2. The summed E-state index contributed by atoms with van der Waals surface area (Å²) in [5, 5.41) is 5.05. The maximum atomic E-state index is 15.2. The average molecular weight is 698 g/mol. The second-order valence-electron chi connectivity index (χ2n) is 9.82. The molecule has 4 N–H and O–H groups in total. The average Bonchev–Trinajstić information content (AvgIpc) is 3.01. The molecule has 0 saturated heterocycles.